The molecular formula is C22H33ClN2O2S. The van der Waals surface area contributed by atoms with E-state index in [1.54, 1.807) is 28.6 Å². The van der Waals surface area contributed by atoms with Gasteiger partial charge < -0.3 is 4.90 Å². The van der Waals surface area contributed by atoms with Crippen LogP contribution >= 0.6 is 11.6 Å². The first-order valence-electron chi connectivity index (χ1n) is 10.8. The van der Waals surface area contributed by atoms with Crippen LogP contribution in [0.2, 0.25) is 5.02 Å². The average molecular weight is 425 g/mol. The molecule has 2 saturated heterocycles. The van der Waals surface area contributed by atoms with E-state index in [9.17, 15) is 8.42 Å². The molecule has 2 heterocycles. The molecule has 2 unspecified atom stereocenters. The van der Waals surface area contributed by atoms with Crippen LogP contribution in [-0.2, 0) is 10.0 Å². The fraction of sp³-hybridized carbons (Fsp3) is 0.727. The van der Waals surface area contributed by atoms with Gasteiger partial charge in [-0.15, -0.1) is 0 Å². The molecule has 0 amide bonds. The molecule has 3 fully saturated rings. The van der Waals surface area contributed by atoms with E-state index in [1.807, 2.05) is 0 Å². The van der Waals surface area contributed by atoms with Crippen LogP contribution in [0.1, 0.15) is 46.0 Å². The van der Waals surface area contributed by atoms with E-state index in [4.69, 9.17) is 11.6 Å². The van der Waals surface area contributed by atoms with E-state index in [0.717, 1.165) is 19.6 Å². The van der Waals surface area contributed by atoms with Gasteiger partial charge in [0.05, 0.1) is 4.90 Å². The van der Waals surface area contributed by atoms with Crippen LogP contribution in [0.5, 0.6) is 0 Å². The molecule has 2 atom stereocenters. The molecule has 1 saturated carbocycles. The quantitative estimate of drug-likeness (QED) is 0.714. The molecule has 1 spiro atoms. The van der Waals surface area contributed by atoms with Gasteiger partial charge in [-0.3, -0.25) is 0 Å². The summed E-state index contributed by atoms with van der Waals surface area (Å²) in [6, 6.07) is 6.72. The number of sulfonamides is 1. The predicted molar refractivity (Wildman–Crippen MR) is 114 cm³/mol. The second kappa shape index (κ2) is 7.90. The van der Waals surface area contributed by atoms with E-state index < -0.39 is 10.0 Å². The molecule has 1 aliphatic carbocycles. The Balaban J connectivity index is 1.62. The average Bonchev–Trinajstić information content (AvgIpc) is 2.63. The molecular weight excluding hydrogens is 392 g/mol. The highest BCUT2D eigenvalue weighted by Gasteiger charge is 2.54. The fourth-order valence-corrected chi connectivity index (χ4v) is 7.94. The largest absolute Gasteiger partial charge is 0.302 e. The summed E-state index contributed by atoms with van der Waals surface area (Å²) in [5, 5.41) is 0.477. The zero-order valence-corrected chi connectivity index (χ0v) is 18.7. The topological polar surface area (TPSA) is 40.6 Å². The van der Waals surface area contributed by atoms with Crippen LogP contribution in [0.25, 0.3) is 0 Å². The monoisotopic (exact) mass is 424 g/mol. The van der Waals surface area contributed by atoms with Crippen molar-refractivity contribution >= 4 is 21.6 Å². The van der Waals surface area contributed by atoms with Crippen molar-refractivity contribution in [1.29, 1.82) is 0 Å². The Labute approximate surface area is 175 Å². The number of piperidine rings is 2. The summed E-state index contributed by atoms with van der Waals surface area (Å²) in [6.45, 7) is 9.05. The normalized spacial score (nSPS) is 28.7. The van der Waals surface area contributed by atoms with E-state index in [0.29, 0.717) is 46.2 Å². The zero-order chi connectivity index (χ0) is 19.9. The number of halogens is 1. The predicted octanol–water partition coefficient (Wildman–Crippen LogP) is 4.50. The Kier molecular flexibility index (Phi) is 5.82. The number of hydrogen-bond acceptors (Lipinski definition) is 3. The highest BCUT2D eigenvalue weighted by molar-refractivity contribution is 7.89. The van der Waals surface area contributed by atoms with E-state index in [2.05, 4.69) is 18.7 Å². The smallest absolute Gasteiger partial charge is 0.243 e. The van der Waals surface area contributed by atoms with E-state index in [1.165, 1.54) is 32.1 Å². The second-order valence-electron chi connectivity index (χ2n) is 9.58. The third-order valence-electron chi connectivity index (χ3n) is 7.27. The molecule has 28 heavy (non-hydrogen) atoms. The summed E-state index contributed by atoms with van der Waals surface area (Å²) >= 11 is 6.08. The van der Waals surface area contributed by atoms with Crippen molar-refractivity contribution in [2.24, 2.45) is 23.2 Å². The van der Waals surface area contributed by atoms with Crippen LogP contribution in [0.15, 0.2) is 29.2 Å². The standard InChI is InChI=1S/C22H33ClN2O2S/c1-17(2)12-24-13-18-15-25(28(26,27)21-8-6-7-20(23)11-21)16-19(14-24)22(18)9-4-3-5-10-22/h6-8,11,17-19H,3-5,9-10,12-16H2,1-2H3. The van der Waals surface area contributed by atoms with Gasteiger partial charge in [0.2, 0.25) is 10.0 Å². The van der Waals surface area contributed by atoms with Crippen molar-refractivity contribution in [1.82, 2.24) is 9.21 Å². The minimum Gasteiger partial charge on any atom is -0.302 e. The highest BCUT2D eigenvalue weighted by atomic mass is 35.5. The van der Waals surface area contributed by atoms with Crippen molar-refractivity contribution in [3.63, 3.8) is 0 Å². The van der Waals surface area contributed by atoms with Gasteiger partial charge in [0.1, 0.15) is 0 Å². The highest BCUT2D eigenvalue weighted by Crippen LogP contribution is 2.54. The second-order valence-corrected chi connectivity index (χ2v) is 12.0. The molecule has 3 aliphatic rings. The SMILES string of the molecule is CC(C)CN1CC2CN(S(=O)(=O)c3cccc(Cl)c3)CC(C1)C21CCCCC1. The van der Waals surface area contributed by atoms with Gasteiger partial charge >= 0.3 is 0 Å². The summed E-state index contributed by atoms with van der Waals surface area (Å²) in [7, 11) is -3.49. The van der Waals surface area contributed by atoms with Gasteiger partial charge in [-0.2, -0.15) is 4.31 Å². The minimum absolute atomic E-state index is 0.330. The third kappa shape index (κ3) is 3.76. The number of hydrogen-bond donors (Lipinski definition) is 0. The molecule has 6 heteroatoms. The molecule has 2 aliphatic heterocycles. The lowest BCUT2D eigenvalue weighted by Crippen LogP contribution is -2.64. The summed E-state index contributed by atoms with van der Waals surface area (Å²) in [5.74, 6) is 1.52. The zero-order valence-electron chi connectivity index (χ0n) is 17.1. The van der Waals surface area contributed by atoms with Crippen LogP contribution in [-0.4, -0.2) is 50.3 Å². The van der Waals surface area contributed by atoms with Gasteiger partial charge in [0.25, 0.3) is 0 Å². The summed E-state index contributed by atoms with van der Waals surface area (Å²) < 4.78 is 28.5. The minimum atomic E-state index is -3.49. The van der Waals surface area contributed by atoms with Crippen molar-refractivity contribution in [2.45, 2.75) is 50.8 Å². The summed E-state index contributed by atoms with van der Waals surface area (Å²) in [5.41, 5.74) is 0.353. The molecule has 0 aromatic heterocycles. The molecule has 1 aromatic rings. The van der Waals surface area contributed by atoms with Gasteiger partial charge in [0, 0.05) is 37.7 Å². The van der Waals surface area contributed by atoms with Crippen molar-refractivity contribution in [3.8, 4) is 0 Å². The molecule has 2 bridgehead atoms. The Morgan fingerprint density at radius 1 is 1.07 bits per heavy atom. The first-order valence-corrected chi connectivity index (χ1v) is 12.6. The van der Waals surface area contributed by atoms with Crippen molar-refractivity contribution in [3.05, 3.63) is 29.3 Å². The molecule has 1 aromatic carbocycles. The number of benzene rings is 1. The molecule has 156 valence electrons. The van der Waals surface area contributed by atoms with Crippen LogP contribution < -0.4 is 0 Å². The maximum absolute atomic E-state index is 13.4. The first-order chi connectivity index (χ1) is 13.3. The van der Waals surface area contributed by atoms with Crippen LogP contribution in [0, 0.1) is 23.2 Å². The third-order valence-corrected chi connectivity index (χ3v) is 9.34. The van der Waals surface area contributed by atoms with Crippen LogP contribution in [0.4, 0.5) is 0 Å². The van der Waals surface area contributed by atoms with Gasteiger partial charge in [-0.1, -0.05) is 50.8 Å². The van der Waals surface area contributed by atoms with Gasteiger partial charge in [-0.25, -0.2) is 8.42 Å². The number of rotatable bonds is 4. The lowest BCUT2D eigenvalue weighted by Gasteiger charge is -2.60. The summed E-state index contributed by atoms with van der Waals surface area (Å²) in [4.78, 5) is 2.93. The molecule has 0 N–H and O–H groups in total. The van der Waals surface area contributed by atoms with Gasteiger partial charge in [0.15, 0.2) is 0 Å². The Hall–Kier alpha value is -0.620. The van der Waals surface area contributed by atoms with Gasteiger partial charge in [-0.05, 0) is 54.2 Å². The van der Waals surface area contributed by atoms with Crippen LogP contribution in [0.3, 0.4) is 0 Å². The van der Waals surface area contributed by atoms with Crippen molar-refractivity contribution in [2.75, 3.05) is 32.7 Å². The van der Waals surface area contributed by atoms with Crippen molar-refractivity contribution < 1.29 is 8.42 Å². The lowest BCUT2D eigenvalue weighted by atomic mass is 9.55. The van der Waals surface area contributed by atoms with E-state index in [-0.39, 0.29) is 0 Å². The summed E-state index contributed by atoms with van der Waals surface area (Å²) in [6.07, 6.45) is 6.50. The Morgan fingerprint density at radius 2 is 1.71 bits per heavy atom. The van der Waals surface area contributed by atoms with E-state index >= 15 is 0 Å². The Bertz CT molecular complexity index is 787. The maximum atomic E-state index is 13.4. The first kappa shape index (κ1) is 20.6. The molecule has 4 rings (SSSR count). The maximum Gasteiger partial charge on any atom is 0.243 e. The Morgan fingerprint density at radius 3 is 2.29 bits per heavy atom. The number of nitrogens with zero attached hydrogens (tertiary/aromatic N) is 2. The molecule has 4 nitrogen and oxygen atoms in total. The number of likely N-dealkylation sites (tertiary alicyclic amines) is 1. The molecule has 0 radical (unpaired) electrons. The lowest BCUT2D eigenvalue weighted by molar-refractivity contribution is -0.0948. The fourth-order valence-electron chi connectivity index (χ4n) is 6.10.